The average molecular weight is 505 g/mol. The number of aryl methyl sites for hydroxylation is 1. The number of benzene rings is 1. The molecule has 2 N–H and O–H groups in total. The quantitative estimate of drug-likeness (QED) is 0.509. The van der Waals surface area contributed by atoms with Crippen LogP contribution in [0.5, 0.6) is 11.5 Å². The number of carbonyl (C=O) groups excluding carboxylic acids is 1. The fourth-order valence-electron chi connectivity index (χ4n) is 4.03. The first-order valence-corrected chi connectivity index (χ1v) is 11.7. The third-order valence-electron chi connectivity index (χ3n) is 5.61. The van der Waals surface area contributed by atoms with E-state index in [0.717, 1.165) is 71.2 Å². The minimum absolute atomic E-state index is 0.222. The molecule has 0 saturated carbocycles. The Hall–Kier alpha value is -2.53. The summed E-state index contributed by atoms with van der Waals surface area (Å²) in [4.78, 5) is 27.3. The first-order valence-electron chi connectivity index (χ1n) is 10.1. The summed E-state index contributed by atoms with van der Waals surface area (Å²) in [5.74, 6) is 2.24. The van der Waals surface area contributed by atoms with Crippen molar-refractivity contribution in [3.63, 3.8) is 0 Å². The van der Waals surface area contributed by atoms with Gasteiger partial charge in [-0.05, 0) is 53.2 Å². The van der Waals surface area contributed by atoms with Crippen LogP contribution in [0.3, 0.4) is 0 Å². The summed E-state index contributed by atoms with van der Waals surface area (Å²) >= 11 is 5.13. The summed E-state index contributed by atoms with van der Waals surface area (Å²) in [6, 6.07) is 3.85. The van der Waals surface area contributed by atoms with Crippen molar-refractivity contribution in [2.24, 2.45) is 5.92 Å². The van der Waals surface area contributed by atoms with Crippen molar-refractivity contribution in [2.75, 3.05) is 25.6 Å². The van der Waals surface area contributed by atoms with E-state index in [0.29, 0.717) is 23.0 Å². The lowest BCUT2D eigenvalue weighted by molar-refractivity contribution is -0.119. The molecule has 31 heavy (non-hydrogen) atoms. The molecule has 1 atom stereocenters. The highest BCUT2D eigenvalue weighted by Crippen LogP contribution is 2.43. The number of aromatic nitrogens is 4. The van der Waals surface area contributed by atoms with Gasteiger partial charge in [0.25, 0.3) is 0 Å². The summed E-state index contributed by atoms with van der Waals surface area (Å²) < 4.78 is 14.0. The number of hydrogen-bond donors (Lipinski definition) is 1. The summed E-state index contributed by atoms with van der Waals surface area (Å²) in [6.45, 7) is 2.59. The molecule has 1 fully saturated rings. The maximum atomic E-state index is 11.2. The molecule has 2 aromatic heterocycles. The molecule has 4 heterocycles. The molecular weight excluding hydrogens is 484 g/mol. The van der Waals surface area contributed by atoms with Gasteiger partial charge in [-0.3, -0.25) is 4.79 Å². The van der Waals surface area contributed by atoms with Gasteiger partial charge in [-0.1, -0.05) is 11.8 Å². The number of likely N-dealkylation sites (tertiary alicyclic amines) is 1. The predicted molar refractivity (Wildman–Crippen MR) is 119 cm³/mol. The Bertz CT molecular complexity index is 1140. The number of nitrogen functional groups attached to an aromatic ring is 1. The van der Waals surface area contributed by atoms with E-state index in [1.54, 1.807) is 0 Å². The Kier molecular flexibility index (Phi) is 5.61. The van der Waals surface area contributed by atoms with E-state index in [2.05, 4.69) is 30.5 Å². The summed E-state index contributed by atoms with van der Waals surface area (Å²) in [7, 11) is 0. The van der Waals surface area contributed by atoms with E-state index in [4.69, 9.17) is 20.2 Å². The van der Waals surface area contributed by atoms with Crippen LogP contribution in [-0.2, 0) is 11.3 Å². The Morgan fingerprint density at radius 2 is 2.13 bits per heavy atom. The number of carbonyl (C=O) groups is 1. The van der Waals surface area contributed by atoms with Gasteiger partial charge in [0.1, 0.15) is 6.33 Å². The number of hydrogen-bond acceptors (Lipinski definition) is 8. The highest BCUT2D eigenvalue weighted by Gasteiger charge is 2.23. The fourth-order valence-corrected chi connectivity index (χ4v) is 5.54. The molecular formula is C20H21BrN6O3S. The molecule has 0 aliphatic carbocycles. The van der Waals surface area contributed by atoms with E-state index in [9.17, 15) is 4.79 Å². The highest BCUT2D eigenvalue weighted by molar-refractivity contribution is 9.10. The summed E-state index contributed by atoms with van der Waals surface area (Å²) in [5.41, 5.74) is 7.40. The van der Waals surface area contributed by atoms with Crippen molar-refractivity contribution >= 4 is 51.1 Å². The number of fused-ring (bicyclic) bond motifs is 2. The average Bonchev–Trinajstić information content (AvgIpc) is 3.37. The first kappa shape index (κ1) is 20.4. The highest BCUT2D eigenvalue weighted by atomic mass is 79.9. The Morgan fingerprint density at radius 1 is 1.29 bits per heavy atom. The Balaban J connectivity index is 1.45. The van der Waals surface area contributed by atoms with Gasteiger partial charge >= 0.3 is 0 Å². The van der Waals surface area contributed by atoms with Crippen LogP contribution in [0, 0.1) is 5.92 Å². The number of nitrogens with zero attached hydrogens (tertiary/aromatic N) is 5. The molecule has 0 spiro atoms. The first-order chi connectivity index (χ1) is 15.1. The maximum Gasteiger partial charge on any atom is 0.231 e. The Labute approximate surface area is 191 Å². The molecule has 1 aromatic carbocycles. The summed E-state index contributed by atoms with van der Waals surface area (Å²) in [6.07, 6.45) is 5.50. The number of piperidine rings is 1. The van der Waals surface area contributed by atoms with Gasteiger partial charge in [-0.25, -0.2) is 15.0 Å². The van der Waals surface area contributed by atoms with Gasteiger partial charge in [0.05, 0.1) is 0 Å². The molecule has 1 amide bonds. The van der Waals surface area contributed by atoms with E-state index in [-0.39, 0.29) is 6.79 Å². The van der Waals surface area contributed by atoms with Crippen LogP contribution >= 0.6 is 27.7 Å². The minimum atomic E-state index is 0.222. The number of halogens is 1. The molecule has 0 bridgehead atoms. The third-order valence-corrected chi connectivity index (χ3v) is 7.58. The van der Waals surface area contributed by atoms with E-state index in [1.165, 1.54) is 18.1 Å². The summed E-state index contributed by atoms with van der Waals surface area (Å²) in [5, 5.41) is 0.782. The second-order valence-electron chi connectivity index (χ2n) is 7.61. The lowest BCUT2D eigenvalue weighted by Gasteiger charge is -2.30. The Morgan fingerprint density at radius 3 is 2.97 bits per heavy atom. The van der Waals surface area contributed by atoms with E-state index >= 15 is 0 Å². The number of nitrogens with two attached hydrogens (primary N) is 1. The van der Waals surface area contributed by atoms with Crippen LogP contribution < -0.4 is 15.2 Å². The fraction of sp³-hybridized carbons (Fsp3) is 0.400. The second kappa shape index (κ2) is 8.54. The number of rotatable bonds is 6. The molecule has 9 nitrogen and oxygen atoms in total. The van der Waals surface area contributed by atoms with Crippen LogP contribution in [0.15, 0.2) is 33.0 Å². The van der Waals surface area contributed by atoms with E-state index in [1.807, 2.05) is 17.0 Å². The monoisotopic (exact) mass is 504 g/mol. The molecule has 162 valence electrons. The smallest absolute Gasteiger partial charge is 0.231 e. The number of anilines is 1. The van der Waals surface area contributed by atoms with Crippen molar-refractivity contribution in [1.82, 2.24) is 24.4 Å². The molecule has 11 heteroatoms. The topological polar surface area (TPSA) is 108 Å². The van der Waals surface area contributed by atoms with Crippen LogP contribution in [-0.4, -0.2) is 50.7 Å². The molecule has 2 aliphatic heterocycles. The molecule has 3 aromatic rings. The van der Waals surface area contributed by atoms with Crippen molar-refractivity contribution in [2.45, 2.75) is 35.9 Å². The zero-order valence-corrected chi connectivity index (χ0v) is 19.1. The zero-order chi connectivity index (χ0) is 21.4. The normalized spacial score (nSPS) is 18.0. The van der Waals surface area contributed by atoms with Crippen LogP contribution in [0.4, 0.5) is 5.82 Å². The minimum Gasteiger partial charge on any atom is -0.454 e. The SMILES string of the molecule is Nc1ncnc2c1nc(Sc1cc3c(cc1Br)OCO3)n2CCC1CCCN(C=O)C1. The van der Waals surface area contributed by atoms with Crippen molar-refractivity contribution in [3.8, 4) is 11.5 Å². The van der Waals surface area contributed by atoms with Crippen LogP contribution in [0.2, 0.25) is 0 Å². The van der Waals surface area contributed by atoms with Gasteiger partial charge in [0.15, 0.2) is 33.6 Å². The largest absolute Gasteiger partial charge is 0.454 e. The van der Waals surface area contributed by atoms with Gasteiger partial charge in [-0.15, -0.1) is 0 Å². The van der Waals surface area contributed by atoms with Crippen LogP contribution in [0.25, 0.3) is 11.2 Å². The van der Waals surface area contributed by atoms with Crippen molar-refractivity contribution in [3.05, 3.63) is 22.9 Å². The zero-order valence-electron chi connectivity index (χ0n) is 16.7. The van der Waals surface area contributed by atoms with Gasteiger partial charge < -0.3 is 24.7 Å². The molecule has 1 unspecified atom stereocenters. The number of amides is 1. The third kappa shape index (κ3) is 4.03. The van der Waals surface area contributed by atoms with Crippen molar-refractivity contribution in [1.29, 1.82) is 0 Å². The lowest BCUT2D eigenvalue weighted by atomic mass is 9.95. The molecule has 0 radical (unpaired) electrons. The van der Waals surface area contributed by atoms with Crippen molar-refractivity contribution < 1.29 is 14.3 Å². The standard InChI is InChI=1S/C20H21BrN6O3S/c21-13-6-14-15(30-11-29-14)7-16(13)31-20-25-17-18(22)23-9-24-19(17)27(20)5-3-12-2-1-4-26(8-12)10-28/h6-7,9-10,12H,1-5,8,11H2,(H2,22,23,24). The lowest BCUT2D eigenvalue weighted by Crippen LogP contribution is -2.34. The molecule has 2 aliphatic rings. The van der Waals surface area contributed by atoms with Gasteiger partial charge in [0, 0.05) is 29.0 Å². The molecule has 1 saturated heterocycles. The van der Waals surface area contributed by atoms with Crippen LogP contribution in [0.1, 0.15) is 19.3 Å². The van der Waals surface area contributed by atoms with Gasteiger partial charge in [0.2, 0.25) is 13.2 Å². The van der Waals surface area contributed by atoms with Gasteiger partial charge in [-0.2, -0.15) is 0 Å². The predicted octanol–water partition coefficient (Wildman–Crippen LogP) is 3.31. The molecule has 5 rings (SSSR count). The number of ether oxygens (including phenoxy) is 2. The van der Waals surface area contributed by atoms with E-state index < -0.39 is 0 Å². The maximum absolute atomic E-state index is 11.2. The number of imidazole rings is 1. The second-order valence-corrected chi connectivity index (χ2v) is 9.48.